The molecule has 6 heteroatoms. The summed E-state index contributed by atoms with van der Waals surface area (Å²) >= 11 is 1.41. The van der Waals surface area contributed by atoms with Gasteiger partial charge in [-0.25, -0.2) is 4.98 Å². The fourth-order valence-corrected chi connectivity index (χ4v) is 2.17. The van der Waals surface area contributed by atoms with Crippen LogP contribution in [0.4, 0.5) is 10.9 Å². The molecule has 21 heavy (non-hydrogen) atoms. The third-order valence-corrected chi connectivity index (χ3v) is 3.52. The zero-order chi connectivity index (χ0) is 15.1. The Labute approximate surface area is 128 Å². The van der Waals surface area contributed by atoms with E-state index in [9.17, 15) is 0 Å². The van der Waals surface area contributed by atoms with Gasteiger partial charge in [0.25, 0.3) is 0 Å². The van der Waals surface area contributed by atoms with Gasteiger partial charge >= 0.3 is 0 Å². The first kappa shape index (κ1) is 15.3. The number of anilines is 2. The SMILES string of the molecule is CC(C)CCOc1ccccc1C=NNc1nc(N)cs1. The lowest BCUT2D eigenvalue weighted by Crippen LogP contribution is -2.03. The van der Waals surface area contributed by atoms with Crippen LogP contribution in [-0.4, -0.2) is 17.8 Å². The van der Waals surface area contributed by atoms with Gasteiger partial charge in [0.15, 0.2) is 0 Å². The topological polar surface area (TPSA) is 72.5 Å². The lowest BCUT2D eigenvalue weighted by atomic mass is 10.1. The minimum Gasteiger partial charge on any atom is -0.493 e. The standard InChI is InChI=1S/C15H20N4OS/c1-11(2)7-8-20-13-6-4-3-5-12(13)9-17-19-15-18-14(16)10-21-15/h3-6,9-11H,7-8,16H2,1-2H3,(H,18,19). The van der Waals surface area contributed by atoms with E-state index in [0.717, 1.165) is 17.7 Å². The molecule has 1 heterocycles. The van der Waals surface area contributed by atoms with Crippen molar-refractivity contribution in [2.75, 3.05) is 17.8 Å². The number of ether oxygens (including phenoxy) is 1. The van der Waals surface area contributed by atoms with Crippen molar-refractivity contribution in [3.05, 3.63) is 35.2 Å². The van der Waals surface area contributed by atoms with Gasteiger partial charge in [-0.05, 0) is 24.5 Å². The van der Waals surface area contributed by atoms with Gasteiger partial charge < -0.3 is 10.5 Å². The number of hydrazone groups is 1. The number of para-hydroxylation sites is 1. The van der Waals surface area contributed by atoms with Gasteiger partial charge in [-0.3, -0.25) is 5.43 Å². The van der Waals surface area contributed by atoms with Gasteiger partial charge in [-0.2, -0.15) is 5.10 Å². The Morgan fingerprint density at radius 1 is 1.43 bits per heavy atom. The number of thiazole rings is 1. The van der Waals surface area contributed by atoms with Crippen molar-refractivity contribution in [1.29, 1.82) is 0 Å². The Kier molecular flexibility index (Phi) is 5.57. The lowest BCUT2D eigenvalue weighted by molar-refractivity contribution is 0.289. The molecule has 0 saturated heterocycles. The number of aromatic nitrogens is 1. The second-order valence-electron chi connectivity index (χ2n) is 5.02. The van der Waals surface area contributed by atoms with Crippen LogP contribution in [0.3, 0.4) is 0 Å². The molecule has 0 fully saturated rings. The molecular formula is C15H20N4OS. The molecule has 2 aromatic rings. The predicted octanol–water partition coefficient (Wildman–Crippen LogP) is 3.60. The molecule has 0 unspecified atom stereocenters. The summed E-state index contributed by atoms with van der Waals surface area (Å²) in [5.74, 6) is 1.96. The number of nitrogens with one attached hydrogen (secondary N) is 1. The van der Waals surface area contributed by atoms with E-state index in [4.69, 9.17) is 10.5 Å². The first-order valence-corrected chi connectivity index (χ1v) is 7.75. The van der Waals surface area contributed by atoms with Crippen molar-refractivity contribution >= 4 is 28.5 Å². The van der Waals surface area contributed by atoms with Crippen LogP contribution in [0.1, 0.15) is 25.8 Å². The zero-order valence-electron chi connectivity index (χ0n) is 12.2. The summed E-state index contributed by atoms with van der Waals surface area (Å²) in [7, 11) is 0. The molecule has 0 aliphatic carbocycles. The molecule has 0 atom stereocenters. The summed E-state index contributed by atoms with van der Waals surface area (Å²) in [5, 5.41) is 6.60. The van der Waals surface area contributed by atoms with Gasteiger partial charge in [0.2, 0.25) is 5.13 Å². The molecule has 1 aromatic carbocycles. The highest BCUT2D eigenvalue weighted by Crippen LogP contribution is 2.18. The molecule has 0 radical (unpaired) electrons. The molecule has 0 amide bonds. The second kappa shape index (κ2) is 7.64. The van der Waals surface area contributed by atoms with Gasteiger partial charge in [-0.1, -0.05) is 26.0 Å². The highest BCUT2D eigenvalue weighted by molar-refractivity contribution is 7.14. The number of nitrogens with zero attached hydrogens (tertiary/aromatic N) is 2. The van der Waals surface area contributed by atoms with Gasteiger partial charge in [0.1, 0.15) is 11.6 Å². The second-order valence-corrected chi connectivity index (χ2v) is 5.87. The largest absolute Gasteiger partial charge is 0.493 e. The Hall–Kier alpha value is -2.08. The first-order chi connectivity index (χ1) is 10.1. The third-order valence-electron chi connectivity index (χ3n) is 2.76. The lowest BCUT2D eigenvalue weighted by Gasteiger charge is -2.10. The minimum absolute atomic E-state index is 0.495. The van der Waals surface area contributed by atoms with Crippen molar-refractivity contribution in [3.8, 4) is 5.75 Å². The first-order valence-electron chi connectivity index (χ1n) is 6.87. The molecule has 0 bridgehead atoms. The van der Waals surface area contributed by atoms with Crippen LogP contribution in [0.25, 0.3) is 0 Å². The van der Waals surface area contributed by atoms with Crippen molar-refractivity contribution < 1.29 is 4.74 Å². The molecule has 2 rings (SSSR count). The minimum atomic E-state index is 0.495. The molecule has 0 aliphatic heterocycles. The van der Waals surface area contributed by atoms with Crippen molar-refractivity contribution in [1.82, 2.24) is 4.98 Å². The van der Waals surface area contributed by atoms with Crippen molar-refractivity contribution in [2.24, 2.45) is 11.0 Å². The van der Waals surface area contributed by atoms with Gasteiger partial charge in [0, 0.05) is 10.9 Å². The molecule has 0 saturated carbocycles. The van der Waals surface area contributed by atoms with E-state index in [-0.39, 0.29) is 0 Å². The number of nitrogens with two attached hydrogens (primary N) is 1. The fourth-order valence-electron chi connectivity index (χ4n) is 1.62. The van der Waals surface area contributed by atoms with Crippen LogP contribution in [0.15, 0.2) is 34.7 Å². The molecule has 3 N–H and O–H groups in total. The monoisotopic (exact) mass is 304 g/mol. The zero-order valence-corrected chi connectivity index (χ0v) is 13.1. The Morgan fingerprint density at radius 3 is 2.95 bits per heavy atom. The highest BCUT2D eigenvalue weighted by atomic mass is 32.1. The molecular weight excluding hydrogens is 284 g/mol. The summed E-state index contributed by atoms with van der Waals surface area (Å²) in [4.78, 5) is 4.07. The number of hydrogen-bond acceptors (Lipinski definition) is 6. The number of nitrogen functional groups attached to an aromatic ring is 1. The normalized spacial score (nSPS) is 11.2. The summed E-state index contributed by atoms with van der Waals surface area (Å²) in [5.41, 5.74) is 9.34. The summed E-state index contributed by atoms with van der Waals surface area (Å²) in [6.07, 6.45) is 2.75. The highest BCUT2D eigenvalue weighted by Gasteiger charge is 2.02. The smallest absolute Gasteiger partial charge is 0.205 e. The summed E-state index contributed by atoms with van der Waals surface area (Å²) < 4.78 is 5.80. The maximum Gasteiger partial charge on any atom is 0.205 e. The molecule has 112 valence electrons. The third kappa shape index (κ3) is 5.07. The summed E-state index contributed by atoms with van der Waals surface area (Å²) in [6.45, 7) is 5.07. The van der Waals surface area contributed by atoms with E-state index in [1.165, 1.54) is 11.3 Å². The average molecular weight is 304 g/mol. The Balaban J connectivity index is 1.95. The van der Waals surface area contributed by atoms with Crippen LogP contribution in [0.2, 0.25) is 0 Å². The van der Waals surface area contributed by atoms with E-state index in [1.807, 2.05) is 24.3 Å². The van der Waals surface area contributed by atoms with Crippen molar-refractivity contribution in [2.45, 2.75) is 20.3 Å². The Morgan fingerprint density at radius 2 is 2.24 bits per heavy atom. The molecule has 1 aromatic heterocycles. The Bertz CT molecular complexity index is 595. The fraction of sp³-hybridized carbons (Fsp3) is 0.333. The predicted molar refractivity (Wildman–Crippen MR) is 89.1 cm³/mol. The van der Waals surface area contributed by atoms with Crippen LogP contribution in [-0.2, 0) is 0 Å². The number of rotatable bonds is 7. The van der Waals surface area contributed by atoms with E-state index >= 15 is 0 Å². The van der Waals surface area contributed by atoms with Crippen molar-refractivity contribution in [3.63, 3.8) is 0 Å². The molecule has 0 spiro atoms. The van der Waals surface area contributed by atoms with E-state index in [2.05, 4.69) is 29.4 Å². The summed E-state index contributed by atoms with van der Waals surface area (Å²) in [6, 6.07) is 7.82. The maximum atomic E-state index is 5.80. The van der Waals surface area contributed by atoms with Crippen LogP contribution in [0, 0.1) is 5.92 Å². The molecule has 0 aliphatic rings. The van der Waals surface area contributed by atoms with Gasteiger partial charge in [0.05, 0.1) is 12.8 Å². The van der Waals surface area contributed by atoms with Crippen LogP contribution < -0.4 is 15.9 Å². The average Bonchev–Trinajstić information content (AvgIpc) is 2.86. The number of benzene rings is 1. The number of hydrogen-bond donors (Lipinski definition) is 2. The molecule has 5 nitrogen and oxygen atoms in total. The van der Waals surface area contributed by atoms with Crippen LogP contribution in [0.5, 0.6) is 5.75 Å². The van der Waals surface area contributed by atoms with Gasteiger partial charge in [-0.15, -0.1) is 11.3 Å². The van der Waals surface area contributed by atoms with Crippen LogP contribution >= 0.6 is 11.3 Å². The maximum absolute atomic E-state index is 5.80. The van der Waals surface area contributed by atoms with E-state index in [1.54, 1.807) is 11.6 Å². The quantitative estimate of drug-likeness (QED) is 0.605. The van der Waals surface area contributed by atoms with E-state index < -0.39 is 0 Å². The van der Waals surface area contributed by atoms with E-state index in [0.29, 0.717) is 23.5 Å².